The van der Waals surface area contributed by atoms with E-state index in [4.69, 9.17) is 4.74 Å². The third-order valence-corrected chi connectivity index (χ3v) is 3.48. The number of carbonyl (C=O) groups excluding carboxylic acids is 1. The average Bonchev–Trinajstić information content (AvgIpc) is 2.49. The van der Waals surface area contributed by atoms with Gasteiger partial charge in [0.2, 0.25) is 0 Å². The van der Waals surface area contributed by atoms with Crippen LogP contribution in [0.25, 0.3) is 0 Å². The van der Waals surface area contributed by atoms with Crippen LogP contribution in [0.1, 0.15) is 32.1 Å². The molecule has 1 aliphatic rings. The van der Waals surface area contributed by atoms with Crippen LogP contribution in [0.2, 0.25) is 0 Å². The molecule has 20 heavy (non-hydrogen) atoms. The van der Waals surface area contributed by atoms with E-state index in [1.54, 1.807) is 31.4 Å². The second-order valence-corrected chi connectivity index (χ2v) is 4.84. The van der Waals surface area contributed by atoms with Gasteiger partial charge in [0.15, 0.2) is 0 Å². The second kappa shape index (κ2) is 6.76. The highest BCUT2D eigenvalue weighted by Gasteiger charge is 2.17. The third-order valence-electron chi connectivity index (χ3n) is 3.48. The number of benzene rings is 1. The minimum absolute atomic E-state index is 0.271. The van der Waals surface area contributed by atoms with Crippen molar-refractivity contribution < 1.29 is 9.53 Å². The number of nitrogens with one attached hydrogen (secondary N) is 1. The van der Waals surface area contributed by atoms with E-state index in [9.17, 15) is 10.1 Å². The molecular weight excluding hydrogens is 252 g/mol. The predicted molar refractivity (Wildman–Crippen MR) is 77.3 cm³/mol. The largest absolute Gasteiger partial charge is 0.497 e. The molecule has 0 aromatic heterocycles. The van der Waals surface area contributed by atoms with E-state index in [1.165, 1.54) is 6.42 Å². The number of allylic oxidation sites excluding steroid dienone is 1. The van der Waals surface area contributed by atoms with E-state index in [1.807, 2.05) is 0 Å². The lowest BCUT2D eigenvalue weighted by atomic mass is 9.91. The Labute approximate surface area is 119 Å². The average molecular weight is 270 g/mol. The van der Waals surface area contributed by atoms with Gasteiger partial charge in [0.25, 0.3) is 5.91 Å². The fourth-order valence-corrected chi connectivity index (χ4v) is 2.41. The fourth-order valence-electron chi connectivity index (χ4n) is 2.41. The molecular formula is C16H18N2O2. The summed E-state index contributed by atoms with van der Waals surface area (Å²) in [6.07, 6.45) is 5.02. The highest BCUT2D eigenvalue weighted by Crippen LogP contribution is 2.26. The lowest BCUT2D eigenvalue weighted by Gasteiger charge is -2.15. The molecule has 1 amide bonds. The zero-order chi connectivity index (χ0) is 14.4. The summed E-state index contributed by atoms with van der Waals surface area (Å²) in [5.74, 6) is 0.351. The molecule has 1 aromatic rings. The number of anilines is 1. The SMILES string of the molecule is COc1cccc(NC(=O)C(C#N)=C2CCCCC2)c1. The Morgan fingerprint density at radius 1 is 1.30 bits per heavy atom. The molecule has 0 heterocycles. The predicted octanol–water partition coefficient (Wildman–Crippen LogP) is 3.42. The molecule has 1 fully saturated rings. The van der Waals surface area contributed by atoms with Crippen molar-refractivity contribution in [2.45, 2.75) is 32.1 Å². The zero-order valence-electron chi connectivity index (χ0n) is 11.6. The lowest BCUT2D eigenvalue weighted by Crippen LogP contribution is -2.16. The maximum absolute atomic E-state index is 12.2. The number of hydrogen-bond acceptors (Lipinski definition) is 3. The Bertz CT molecular complexity index is 562. The van der Waals surface area contributed by atoms with Gasteiger partial charge >= 0.3 is 0 Å². The van der Waals surface area contributed by atoms with E-state index < -0.39 is 0 Å². The van der Waals surface area contributed by atoms with Crippen LogP contribution >= 0.6 is 0 Å². The van der Waals surface area contributed by atoms with Crippen molar-refractivity contribution in [3.63, 3.8) is 0 Å². The first-order valence-corrected chi connectivity index (χ1v) is 6.82. The molecule has 0 aliphatic heterocycles. The van der Waals surface area contributed by atoms with Gasteiger partial charge in [0, 0.05) is 11.8 Å². The topological polar surface area (TPSA) is 62.1 Å². The van der Waals surface area contributed by atoms with Crippen LogP contribution in [0.4, 0.5) is 5.69 Å². The number of methoxy groups -OCH3 is 1. The van der Waals surface area contributed by atoms with E-state index in [0.717, 1.165) is 31.3 Å². The number of amides is 1. The van der Waals surface area contributed by atoms with Crippen molar-refractivity contribution in [2.75, 3.05) is 12.4 Å². The van der Waals surface area contributed by atoms with Gasteiger partial charge in [0.05, 0.1) is 7.11 Å². The van der Waals surface area contributed by atoms with E-state index >= 15 is 0 Å². The molecule has 104 valence electrons. The standard InChI is InChI=1S/C16H18N2O2/c1-20-14-9-5-8-13(10-14)18-16(19)15(11-17)12-6-3-2-4-7-12/h5,8-10H,2-4,6-7H2,1H3,(H,18,19). The van der Waals surface area contributed by atoms with Crippen LogP contribution in [-0.4, -0.2) is 13.0 Å². The van der Waals surface area contributed by atoms with Crippen molar-refractivity contribution in [1.82, 2.24) is 0 Å². The van der Waals surface area contributed by atoms with Crippen molar-refractivity contribution >= 4 is 11.6 Å². The number of carbonyl (C=O) groups is 1. The Morgan fingerprint density at radius 3 is 2.70 bits per heavy atom. The molecule has 1 saturated carbocycles. The first-order valence-electron chi connectivity index (χ1n) is 6.82. The molecule has 0 bridgehead atoms. The summed E-state index contributed by atoms with van der Waals surface area (Å²) in [6, 6.07) is 9.18. The number of nitriles is 1. The molecule has 4 nitrogen and oxygen atoms in total. The van der Waals surface area contributed by atoms with Crippen LogP contribution in [0.15, 0.2) is 35.4 Å². The van der Waals surface area contributed by atoms with Crippen LogP contribution in [0.5, 0.6) is 5.75 Å². The molecule has 0 spiro atoms. The zero-order valence-corrected chi connectivity index (χ0v) is 11.6. The van der Waals surface area contributed by atoms with Crippen LogP contribution in [0, 0.1) is 11.3 Å². The van der Waals surface area contributed by atoms with Gasteiger partial charge in [-0.2, -0.15) is 5.26 Å². The Kier molecular flexibility index (Phi) is 4.78. The van der Waals surface area contributed by atoms with Crippen LogP contribution in [0.3, 0.4) is 0 Å². The lowest BCUT2D eigenvalue weighted by molar-refractivity contribution is -0.112. The maximum Gasteiger partial charge on any atom is 0.266 e. The molecule has 0 radical (unpaired) electrons. The smallest absolute Gasteiger partial charge is 0.266 e. The molecule has 0 saturated heterocycles. The molecule has 1 N–H and O–H groups in total. The summed E-state index contributed by atoms with van der Waals surface area (Å²) in [4.78, 5) is 12.2. The van der Waals surface area contributed by atoms with Gasteiger partial charge in [-0.3, -0.25) is 4.79 Å². The summed E-state index contributed by atoms with van der Waals surface area (Å²) in [5.41, 5.74) is 1.89. The van der Waals surface area contributed by atoms with E-state index in [2.05, 4.69) is 11.4 Å². The summed E-state index contributed by atoms with van der Waals surface area (Å²) >= 11 is 0. The Morgan fingerprint density at radius 2 is 2.05 bits per heavy atom. The number of hydrogen-bond donors (Lipinski definition) is 1. The second-order valence-electron chi connectivity index (χ2n) is 4.84. The quantitative estimate of drug-likeness (QED) is 0.676. The Balaban J connectivity index is 2.15. The highest BCUT2D eigenvalue weighted by molar-refractivity contribution is 6.07. The van der Waals surface area contributed by atoms with Gasteiger partial charge in [-0.05, 0) is 43.4 Å². The Hall–Kier alpha value is -2.28. The minimum atomic E-state index is -0.322. The fraction of sp³-hybridized carbons (Fsp3) is 0.375. The van der Waals surface area contributed by atoms with Crippen molar-refractivity contribution in [2.24, 2.45) is 0 Å². The van der Waals surface area contributed by atoms with Crippen molar-refractivity contribution in [3.8, 4) is 11.8 Å². The number of ether oxygens (including phenoxy) is 1. The van der Waals surface area contributed by atoms with Crippen molar-refractivity contribution in [1.29, 1.82) is 5.26 Å². The summed E-state index contributed by atoms with van der Waals surface area (Å²) in [5, 5.41) is 12.0. The van der Waals surface area contributed by atoms with Gasteiger partial charge in [-0.15, -0.1) is 0 Å². The normalized spacial score (nSPS) is 14.3. The van der Waals surface area contributed by atoms with E-state index in [0.29, 0.717) is 11.4 Å². The van der Waals surface area contributed by atoms with Gasteiger partial charge in [-0.1, -0.05) is 12.5 Å². The van der Waals surface area contributed by atoms with Gasteiger partial charge in [-0.25, -0.2) is 0 Å². The minimum Gasteiger partial charge on any atom is -0.497 e. The van der Waals surface area contributed by atoms with Crippen molar-refractivity contribution in [3.05, 3.63) is 35.4 Å². The summed E-state index contributed by atoms with van der Waals surface area (Å²) in [7, 11) is 1.58. The first kappa shape index (κ1) is 14.1. The van der Waals surface area contributed by atoms with Crippen LogP contribution < -0.4 is 10.1 Å². The monoisotopic (exact) mass is 270 g/mol. The molecule has 0 atom stereocenters. The van der Waals surface area contributed by atoms with Crippen LogP contribution in [-0.2, 0) is 4.79 Å². The first-order chi connectivity index (χ1) is 9.74. The third kappa shape index (κ3) is 3.39. The van der Waals surface area contributed by atoms with Gasteiger partial charge < -0.3 is 10.1 Å². The van der Waals surface area contributed by atoms with E-state index in [-0.39, 0.29) is 11.5 Å². The number of nitrogens with zero attached hydrogens (tertiary/aromatic N) is 1. The molecule has 2 rings (SSSR count). The maximum atomic E-state index is 12.2. The number of rotatable bonds is 3. The summed E-state index contributed by atoms with van der Waals surface area (Å²) < 4.78 is 5.11. The molecule has 1 aromatic carbocycles. The highest BCUT2D eigenvalue weighted by atomic mass is 16.5. The molecule has 1 aliphatic carbocycles. The molecule has 4 heteroatoms. The van der Waals surface area contributed by atoms with Gasteiger partial charge in [0.1, 0.15) is 17.4 Å². The summed E-state index contributed by atoms with van der Waals surface area (Å²) in [6.45, 7) is 0. The molecule has 0 unspecified atom stereocenters.